The standard InChI is InChI=1S/C13H23NO2/c1-10-5-6-12(8-10)14-7-3-2-4-11(14)9-13(15)16/h10-12H,2-9H2,1H3,(H,15,16). The van der Waals surface area contributed by atoms with E-state index in [0.717, 1.165) is 18.9 Å². The van der Waals surface area contributed by atoms with Crippen LogP contribution in [0.5, 0.6) is 0 Å². The molecule has 2 rings (SSSR count). The topological polar surface area (TPSA) is 40.5 Å². The number of aliphatic carboxylic acids is 1. The molecule has 0 aromatic carbocycles. The van der Waals surface area contributed by atoms with Gasteiger partial charge in [0, 0.05) is 12.1 Å². The van der Waals surface area contributed by atoms with Gasteiger partial charge in [-0.15, -0.1) is 0 Å². The molecule has 0 aromatic heterocycles. The molecular weight excluding hydrogens is 202 g/mol. The van der Waals surface area contributed by atoms with Crippen LogP contribution >= 0.6 is 0 Å². The third-order valence-corrected chi connectivity index (χ3v) is 4.22. The van der Waals surface area contributed by atoms with E-state index in [9.17, 15) is 4.79 Å². The molecule has 1 saturated carbocycles. The van der Waals surface area contributed by atoms with Crippen molar-refractivity contribution in [1.29, 1.82) is 0 Å². The van der Waals surface area contributed by atoms with Gasteiger partial charge < -0.3 is 5.11 Å². The van der Waals surface area contributed by atoms with Gasteiger partial charge in [0.05, 0.1) is 6.42 Å². The number of carboxylic acids is 1. The summed E-state index contributed by atoms with van der Waals surface area (Å²) >= 11 is 0. The maximum absolute atomic E-state index is 10.9. The normalized spacial score (nSPS) is 36.4. The summed E-state index contributed by atoms with van der Waals surface area (Å²) in [4.78, 5) is 13.4. The Hall–Kier alpha value is -0.570. The first-order valence-electron chi connectivity index (χ1n) is 6.64. The van der Waals surface area contributed by atoms with E-state index in [4.69, 9.17) is 5.11 Å². The van der Waals surface area contributed by atoms with Crippen LogP contribution in [0.3, 0.4) is 0 Å². The molecule has 2 fully saturated rings. The Morgan fingerprint density at radius 1 is 1.31 bits per heavy atom. The highest BCUT2D eigenvalue weighted by atomic mass is 16.4. The minimum Gasteiger partial charge on any atom is -0.481 e. The van der Waals surface area contributed by atoms with Gasteiger partial charge in [-0.1, -0.05) is 13.3 Å². The van der Waals surface area contributed by atoms with Crippen molar-refractivity contribution < 1.29 is 9.90 Å². The number of hydrogen-bond acceptors (Lipinski definition) is 2. The van der Waals surface area contributed by atoms with E-state index in [-0.39, 0.29) is 0 Å². The zero-order valence-corrected chi connectivity index (χ0v) is 10.2. The van der Waals surface area contributed by atoms with Crippen molar-refractivity contribution in [3.05, 3.63) is 0 Å². The molecule has 0 radical (unpaired) electrons. The minimum absolute atomic E-state index is 0.307. The van der Waals surface area contributed by atoms with Crippen molar-refractivity contribution >= 4 is 5.97 Å². The molecular formula is C13H23NO2. The molecule has 3 nitrogen and oxygen atoms in total. The summed E-state index contributed by atoms with van der Waals surface area (Å²) in [6.45, 7) is 3.44. The Morgan fingerprint density at radius 3 is 2.75 bits per heavy atom. The fraction of sp³-hybridized carbons (Fsp3) is 0.923. The van der Waals surface area contributed by atoms with E-state index < -0.39 is 5.97 Å². The molecule has 0 amide bonds. The first kappa shape index (κ1) is 11.9. The molecule has 1 aliphatic heterocycles. The lowest BCUT2D eigenvalue weighted by molar-refractivity contribution is -0.139. The highest BCUT2D eigenvalue weighted by molar-refractivity contribution is 5.67. The lowest BCUT2D eigenvalue weighted by Crippen LogP contribution is -2.46. The lowest BCUT2D eigenvalue weighted by Gasteiger charge is -2.39. The number of rotatable bonds is 3. The second-order valence-electron chi connectivity index (χ2n) is 5.56. The summed E-state index contributed by atoms with van der Waals surface area (Å²) in [5, 5.41) is 8.95. The fourth-order valence-electron chi connectivity index (χ4n) is 3.40. The zero-order valence-electron chi connectivity index (χ0n) is 10.2. The third-order valence-electron chi connectivity index (χ3n) is 4.22. The SMILES string of the molecule is CC1CCC(N2CCCCC2CC(=O)O)C1. The molecule has 2 aliphatic rings. The van der Waals surface area contributed by atoms with E-state index in [1.807, 2.05) is 0 Å². The summed E-state index contributed by atoms with van der Waals surface area (Å²) in [5.74, 6) is 0.195. The van der Waals surface area contributed by atoms with Crippen LogP contribution in [0.15, 0.2) is 0 Å². The average Bonchev–Trinajstić information content (AvgIpc) is 2.65. The van der Waals surface area contributed by atoms with Crippen molar-refractivity contribution in [1.82, 2.24) is 4.90 Å². The van der Waals surface area contributed by atoms with Crippen LogP contribution in [0.4, 0.5) is 0 Å². The van der Waals surface area contributed by atoms with Gasteiger partial charge in [0.15, 0.2) is 0 Å². The second-order valence-corrected chi connectivity index (χ2v) is 5.56. The highest BCUT2D eigenvalue weighted by Gasteiger charge is 2.33. The molecule has 0 bridgehead atoms. The Bertz CT molecular complexity index is 254. The van der Waals surface area contributed by atoms with E-state index in [2.05, 4.69) is 11.8 Å². The molecule has 3 atom stereocenters. The Balaban J connectivity index is 1.96. The number of hydrogen-bond donors (Lipinski definition) is 1. The number of likely N-dealkylation sites (tertiary alicyclic amines) is 1. The van der Waals surface area contributed by atoms with E-state index in [1.54, 1.807) is 0 Å². The van der Waals surface area contributed by atoms with Crippen LogP contribution in [0.1, 0.15) is 51.9 Å². The van der Waals surface area contributed by atoms with Gasteiger partial charge in [0.1, 0.15) is 0 Å². The predicted octanol–water partition coefficient (Wildman–Crippen LogP) is 2.50. The summed E-state index contributed by atoms with van der Waals surface area (Å²) in [5.41, 5.74) is 0. The summed E-state index contributed by atoms with van der Waals surface area (Å²) in [6, 6.07) is 0.973. The molecule has 0 spiro atoms. The van der Waals surface area contributed by atoms with Crippen LogP contribution < -0.4 is 0 Å². The summed E-state index contributed by atoms with van der Waals surface area (Å²) in [6.07, 6.45) is 7.74. The van der Waals surface area contributed by atoms with Gasteiger partial charge in [-0.2, -0.15) is 0 Å². The maximum atomic E-state index is 10.9. The van der Waals surface area contributed by atoms with Gasteiger partial charge in [0.25, 0.3) is 0 Å². The zero-order chi connectivity index (χ0) is 11.5. The molecule has 16 heavy (non-hydrogen) atoms. The third kappa shape index (κ3) is 2.76. The minimum atomic E-state index is -0.636. The molecule has 1 heterocycles. The maximum Gasteiger partial charge on any atom is 0.304 e. The van der Waals surface area contributed by atoms with Gasteiger partial charge in [-0.25, -0.2) is 0 Å². The molecule has 3 unspecified atom stereocenters. The van der Waals surface area contributed by atoms with Crippen molar-refractivity contribution in [2.24, 2.45) is 5.92 Å². The number of nitrogens with zero attached hydrogens (tertiary/aromatic N) is 1. The van der Waals surface area contributed by atoms with E-state index >= 15 is 0 Å². The predicted molar refractivity (Wildman–Crippen MR) is 63.4 cm³/mol. The molecule has 3 heteroatoms. The summed E-state index contributed by atoms with van der Waals surface area (Å²) < 4.78 is 0. The van der Waals surface area contributed by atoms with Crippen LogP contribution in [-0.4, -0.2) is 34.6 Å². The monoisotopic (exact) mass is 225 g/mol. The Labute approximate surface area is 97.8 Å². The van der Waals surface area contributed by atoms with Gasteiger partial charge in [0.2, 0.25) is 0 Å². The van der Waals surface area contributed by atoms with Crippen LogP contribution in [0, 0.1) is 5.92 Å². The van der Waals surface area contributed by atoms with Gasteiger partial charge in [-0.3, -0.25) is 9.69 Å². The number of carboxylic acid groups (broad SMARTS) is 1. The second kappa shape index (κ2) is 5.17. The van der Waals surface area contributed by atoms with Crippen molar-refractivity contribution in [2.75, 3.05) is 6.54 Å². The van der Waals surface area contributed by atoms with Crippen molar-refractivity contribution in [2.45, 2.75) is 64.0 Å². The molecule has 92 valence electrons. The van der Waals surface area contributed by atoms with E-state index in [0.29, 0.717) is 18.5 Å². The van der Waals surface area contributed by atoms with Gasteiger partial charge >= 0.3 is 5.97 Å². The Kier molecular flexibility index (Phi) is 3.85. The summed E-state index contributed by atoms with van der Waals surface area (Å²) in [7, 11) is 0. The Morgan fingerprint density at radius 2 is 2.12 bits per heavy atom. The van der Waals surface area contributed by atoms with E-state index in [1.165, 1.54) is 32.1 Å². The van der Waals surface area contributed by atoms with Crippen LogP contribution in [-0.2, 0) is 4.79 Å². The van der Waals surface area contributed by atoms with Crippen molar-refractivity contribution in [3.63, 3.8) is 0 Å². The van der Waals surface area contributed by atoms with Gasteiger partial charge in [-0.05, 0) is 44.6 Å². The molecule has 1 N–H and O–H groups in total. The molecule has 0 aromatic rings. The number of carbonyl (C=O) groups is 1. The largest absolute Gasteiger partial charge is 0.481 e. The lowest BCUT2D eigenvalue weighted by atomic mass is 9.96. The highest BCUT2D eigenvalue weighted by Crippen LogP contribution is 2.33. The first-order valence-corrected chi connectivity index (χ1v) is 6.64. The fourth-order valence-corrected chi connectivity index (χ4v) is 3.40. The quantitative estimate of drug-likeness (QED) is 0.802. The smallest absolute Gasteiger partial charge is 0.304 e. The molecule has 1 aliphatic carbocycles. The first-order chi connectivity index (χ1) is 7.66. The van der Waals surface area contributed by atoms with Crippen LogP contribution in [0.25, 0.3) is 0 Å². The molecule has 1 saturated heterocycles. The van der Waals surface area contributed by atoms with Crippen molar-refractivity contribution in [3.8, 4) is 0 Å². The van der Waals surface area contributed by atoms with Crippen LogP contribution in [0.2, 0.25) is 0 Å². The number of piperidine rings is 1. The average molecular weight is 225 g/mol.